The van der Waals surface area contributed by atoms with E-state index in [1.165, 1.54) is 0 Å². The Kier molecular flexibility index (Phi) is 1.95. The first-order valence-electron chi connectivity index (χ1n) is 4.27. The van der Waals surface area contributed by atoms with Gasteiger partial charge in [0, 0.05) is 19.4 Å². The minimum absolute atomic E-state index is 0.134. The molecule has 0 aromatic carbocycles. The fourth-order valence-electron chi connectivity index (χ4n) is 1.21. The van der Waals surface area contributed by atoms with Crippen LogP contribution in [-0.2, 0) is 13.6 Å². The van der Waals surface area contributed by atoms with Gasteiger partial charge in [0.1, 0.15) is 5.82 Å². The zero-order chi connectivity index (χ0) is 10.1. The maximum atomic E-state index is 11.2. The molecule has 0 atom stereocenters. The molecule has 74 valence electrons. The Morgan fingerprint density at radius 2 is 2.29 bits per heavy atom. The van der Waals surface area contributed by atoms with Crippen LogP contribution in [0.1, 0.15) is 11.6 Å². The Morgan fingerprint density at radius 3 is 2.79 bits per heavy atom. The van der Waals surface area contributed by atoms with Crippen LogP contribution < -0.4 is 5.69 Å². The van der Waals surface area contributed by atoms with E-state index < -0.39 is 0 Å². The first kappa shape index (κ1) is 8.74. The predicted molar refractivity (Wildman–Crippen MR) is 49.9 cm³/mol. The lowest BCUT2D eigenvalue weighted by molar-refractivity contribution is 0.673. The Hall–Kier alpha value is -1.85. The second kappa shape index (κ2) is 3.13. The number of hydrogen-bond acceptors (Lipinski definition) is 3. The van der Waals surface area contributed by atoms with Crippen LogP contribution in [0.3, 0.4) is 0 Å². The lowest BCUT2D eigenvalue weighted by Crippen LogP contribution is -2.18. The third-order valence-corrected chi connectivity index (χ3v) is 2.22. The molecule has 14 heavy (non-hydrogen) atoms. The molecule has 0 spiro atoms. The molecule has 2 aromatic rings. The summed E-state index contributed by atoms with van der Waals surface area (Å²) in [6, 6.07) is 0. The summed E-state index contributed by atoms with van der Waals surface area (Å²) in [4.78, 5) is 13.8. The number of aryl methyl sites for hydroxylation is 1. The van der Waals surface area contributed by atoms with Crippen molar-refractivity contribution in [1.29, 1.82) is 0 Å². The number of H-pyrrole nitrogens is 1. The van der Waals surface area contributed by atoms with Gasteiger partial charge < -0.3 is 9.55 Å². The molecule has 0 aliphatic rings. The van der Waals surface area contributed by atoms with Gasteiger partial charge in [-0.2, -0.15) is 0 Å². The van der Waals surface area contributed by atoms with E-state index >= 15 is 0 Å². The molecular weight excluding hydrogens is 182 g/mol. The lowest BCUT2D eigenvalue weighted by Gasteiger charge is -2.00. The number of nitrogens with zero attached hydrogens (tertiary/aromatic N) is 4. The van der Waals surface area contributed by atoms with E-state index in [0.717, 1.165) is 11.6 Å². The van der Waals surface area contributed by atoms with E-state index in [0.29, 0.717) is 6.54 Å². The number of hydrogen-bond donors (Lipinski definition) is 1. The van der Waals surface area contributed by atoms with Crippen LogP contribution in [0.5, 0.6) is 0 Å². The van der Waals surface area contributed by atoms with Gasteiger partial charge in [-0.15, -0.1) is 10.2 Å². The van der Waals surface area contributed by atoms with Crippen molar-refractivity contribution in [2.45, 2.75) is 13.5 Å². The van der Waals surface area contributed by atoms with Crippen LogP contribution in [0.4, 0.5) is 0 Å². The SMILES string of the molecule is Cc1nnc(Cn2cc[nH]c2=O)n1C. The molecule has 0 fully saturated rings. The predicted octanol–water partition coefficient (Wildman–Crippen LogP) is -0.338. The fourth-order valence-corrected chi connectivity index (χ4v) is 1.21. The van der Waals surface area contributed by atoms with Crippen molar-refractivity contribution in [2.75, 3.05) is 0 Å². The largest absolute Gasteiger partial charge is 0.325 e. The molecule has 0 aliphatic carbocycles. The zero-order valence-corrected chi connectivity index (χ0v) is 8.06. The molecule has 0 amide bonds. The van der Waals surface area contributed by atoms with Crippen molar-refractivity contribution in [2.24, 2.45) is 7.05 Å². The number of nitrogens with one attached hydrogen (secondary N) is 1. The third-order valence-electron chi connectivity index (χ3n) is 2.22. The Balaban J connectivity index is 2.32. The van der Waals surface area contributed by atoms with Gasteiger partial charge in [-0.3, -0.25) is 4.57 Å². The molecule has 1 N–H and O–H groups in total. The van der Waals surface area contributed by atoms with Crippen LogP contribution >= 0.6 is 0 Å². The fraction of sp³-hybridized carbons (Fsp3) is 0.375. The maximum absolute atomic E-state index is 11.2. The van der Waals surface area contributed by atoms with Crippen LogP contribution in [0.25, 0.3) is 0 Å². The molecule has 0 unspecified atom stereocenters. The van der Waals surface area contributed by atoms with Gasteiger partial charge in [-0.05, 0) is 6.92 Å². The van der Waals surface area contributed by atoms with Gasteiger partial charge in [0.2, 0.25) is 0 Å². The highest BCUT2D eigenvalue weighted by atomic mass is 16.1. The van der Waals surface area contributed by atoms with Crippen molar-refractivity contribution in [1.82, 2.24) is 24.3 Å². The summed E-state index contributed by atoms with van der Waals surface area (Å²) in [5, 5.41) is 7.88. The van der Waals surface area contributed by atoms with E-state index in [2.05, 4.69) is 15.2 Å². The normalized spacial score (nSPS) is 10.7. The Morgan fingerprint density at radius 1 is 1.50 bits per heavy atom. The van der Waals surface area contributed by atoms with Gasteiger partial charge in [0.15, 0.2) is 5.82 Å². The molecule has 0 aliphatic heterocycles. The first-order valence-corrected chi connectivity index (χ1v) is 4.27. The van der Waals surface area contributed by atoms with Gasteiger partial charge in [-0.25, -0.2) is 4.79 Å². The van der Waals surface area contributed by atoms with Gasteiger partial charge >= 0.3 is 5.69 Å². The van der Waals surface area contributed by atoms with E-state index in [1.54, 1.807) is 17.0 Å². The van der Waals surface area contributed by atoms with Crippen molar-refractivity contribution >= 4 is 0 Å². The van der Waals surface area contributed by atoms with Gasteiger partial charge in [0.05, 0.1) is 6.54 Å². The minimum Gasteiger partial charge on any atom is -0.317 e. The highest BCUT2D eigenvalue weighted by molar-refractivity contribution is 4.94. The minimum atomic E-state index is -0.134. The summed E-state index contributed by atoms with van der Waals surface area (Å²) in [6.07, 6.45) is 3.29. The summed E-state index contributed by atoms with van der Waals surface area (Å²) in [6.45, 7) is 2.32. The first-order chi connectivity index (χ1) is 6.68. The lowest BCUT2D eigenvalue weighted by atomic mass is 10.5. The van der Waals surface area contributed by atoms with Crippen LogP contribution in [0.15, 0.2) is 17.2 Å². The highest BCUT2D eigenvalue weighted by Crippen LogP contribution is 1.98. The average molecular weight is 193 g/mol. The van der Waals surface area contributed by atoms with Crippen molar-refractivity contribution in [3.8, 4) is 0 Å². The Labute approximate surface area is 80.2 Å². The topological polar surface area (TPSA) is 68.5 Å². The molecule has 0 radical (unpaired) electrons. The number of aromatic nitrogens is 5. The standard InChI is InChI=1S/C8H11N5O/c1-6-10-11-7(12(6)2)5-13-4-3-9-8(13)14/h3-4H,5H2,1-2H3,(H,9,14). The van der Waals surface area contributed by atoms with Crippen molar-refractivity contribution < 1.29 is 0 Å². The molecule has 6 nitrogen and oxygen atoms in total. The van der Waals surface area contributed by atoms with E-state index in [9.17, 15) is 4.79 Å². The molecule has 2 aromatic heterocycles. The van der Waals surface area contributed by atoms with Crippen LogP contribution in [0.2, 0.25) is 0 Å². The summed E-state index contributed by atoms with van der Waals surface area (Å²) in [5.74, 6) is 1.60. The summed E-state index contributed by atoms with van der Waals surface area (Å²) in [7, 11) is 1.88. The molecule has 0 saturated heterocycles. The number of rotatable bonds is 2. The molecule has 0 bridgehead atoms. The molecule has 0 saturated carbocycles. The highest BCUT2D eigenvalue weighted by Gasteiger charge is 2.06. The van der Waals surface area contributed by atoms with E-state index in [1.807, 2.05) is 18.5 Å². The van der Waals surface area contributed by atoms with Crippen molar-refractivity contribution in [3.63, 3.8) is 0 Å². The zero-order valence-electron chi connectivity index (χ0n) is 8.06. The monoisotopic (exact) mass is 193 g/mol. The molecule has 6 heteroatoms. The van der Waals surface area contributed by atoms with Crippen LogP contribution in [0, 0.1) is 6.92 Å². The second-order valence-corrected chi connectivity index (χ2v) is 3.12. The smallest absolute Gasteiger partial charge is 0.317 e. The van der Waals surface area contributed by atoms with Gasteiger partial charge in [0.25, 0.3) is 0 Å². The maximum Gasteiger partial charge on any atom is 0.325 e. The quantitative estimate of drug-likeness (QED) is 0.709. The van der Waals surface area contributed by atoms with Gasteiger partial charge in [-0.1, -0.05) is 0 Å². The Bertz CT molecular complexity index is 492. The summed E-state index contributed by atoms with van der Waals surface area (Å²) >= 11 is 0. The third kappa shape index (κ3) is 1.34. The molecular formula is C8H11N5O. The summed E-state index contributed by atoms with van der Waals surface area (Å²) in [5.41, 5.74) is -0.134. The number of imidazole rings is 1. The van der Waals surface area contributed by atoms with E-state index in [-0.39, 0.29) is 5.69 Å². The van der Waals surface area contributed by atoms with Crippen LogP contribution in [-0.4, -0.2) is 24.3 Å². The second-order valence-electron chi connectivity index (χ2n) is 3.12. The summed E-state index contributed by atoms with van der Waals surface area (Å²) < 4.78 is 3.41. The molecule has 2 heterocycles. The average Bonchev–Trinajstić information content (AvgIpc) is 2.68. The van der Waals surface area contributed by atoms with Crippen molar-refractivity contribution in [3.05, 3.63) is 34.5 Å². The van der Waals surface area contributed by atoms with E-state index in [4.69, 9.17) is 0 Å². The molecule has 2 rings (SSSR count). The number of aromatic amines is 1.